The van der Waals surface area contributed by atoms with E-state index in [1.807, 2.05) is 47.5 Å². The number of piperidine rings is 1. The number of hydrogen-bond donors (Lipinski definition) is 4. The largest absolute Gasteiger partial charge is 0.508 e. The third kappa shape index (κ3) is 7.21. The number of carbonyl (C=O) groups excluding carboxylic acids is 3. The van der Waals surface area contributed by atoms with Crippen molar-refractivity contribution in [2.75, 3.05) is 68.8 Å². The average Bonchev–Trinajstić information content (AvgIpc) is 4.12. The van der Waals surface area contributed by atoms with Crippen LogP contribution in [0.1, 0.15) is 91.3 Å². The number of rotatable bonds is 10. The minimum Gasteiger partial charge on any atom is -0.508 e. The Bertz CT molecular complexity index is 2930. The smallest absolute Gasteiger partial charge is 0.319 e. The van der Waals surface area contributed by atoms with Gasteiger partial charge in [-0.1, -0.05) is 25.1 Å². The number of ether oxygens (including phenoxy) is 2. The fraction of sp³-hybridized carbons (Fsp3) is 0.500. The number of phenolic OH excluding ortho intramolecular Hbond substituents is 1. The number of aliphatic hydroxyl groups is 1. The van der Waals surface area contributed by atoms with Crippen LogP contribution < -0.4 is 25.2 Å². The van der Waals surface area contributed by atoms with Crippen molar-refractivity contribution < 1.29 is 34.1 Å². The zero-order chi connectivity index (χ0) is 46.7. The van der Waals surface area contributed by atoms with Gasteiger partial charge in [-0.2, -0.15) is 9.97 Å². The van der Waals surface area contributed by atoms with Crippen LogP contribution in [0.3, 0.4) is 0 Å². The molecule has 3 amide bonds. The first-order chi connectivity index (χ1) is 33.6. The summed E-state index contributed by atoms with van der Waals surface area (Å²) >= 11 is 0. The Labute approximate surface area is 399 Å². The van der Waals surface area contributed by atoms with Crippen molar-refractivity contribution in [1.29, 1.82) is 0 Å². The lowest BCUT2D eigenvalue weighted by Gasteiger charge is -2.39. The number of nitrogens with one attached hydrogen (secondary N) is 2. The third-order valence-corrected chi connectivity index (χ3v) is 16.8. The highest BCUT2D eigenvalue weighted by Gasteiger charge is 2.50. The zero-order valence-corrected chi connectivity index (χ0v) is 38.9. The van der Waals surface area contributed by atoms with Crippen LogP contribution in [0.15, 0.2) is 54.7 Å². The van der Waals surface area contributed by atoms with Crippen molar-refractivity contribution in [3.05, 3.63) is 77.0 Å². The maximum atomic E-state index is 13.3. The van der Waals surface area contributed by atoms with Crippen LogP contribution in [0.5, 0.6) is 11.8 Å². The van der Waals surface area contributed by atoms with E-state index >= 15 is 0 Å². The molecule has 69 heavy (non-hydrogen) atoms. The summed E-state index contributed by atoms with van der Waals surface area (Å²) in [5.41, 5.74) is 7.11. The Balaban J connectivity index is 0.686. The molecule has 6 saturated heterocycles. The molecule has 2 aromatic heterocycles. The minimum atomic E-state index is -1.03. The molecule has 7 atom stereocenters. The number of hydrogen-bond acceptors (Lipinski definition) is 15. The highest BCUT2D eigenvalue weighted by molar-refractivity contribution is 6.07. The van der Waals surface area contributed by atoms with Crippen LogP contribution in [0, 0.1) is 0 Å². The Hall–Kier alpha value is -5.98. The standard InChI is InChI=1S/C52H58N10O7/c1-29-37-5-2-4-30-21-36(63)22-39(44(30)37)45-43(29)46-40(23-53-45)47(60-25-32-6-7-33(26-60)54-32)57-50(56-46)69-28-52-13-3-15-62(52)35(12-14-52)27-68-51(67)59-18-16-58(17-19-59)34-8-9-38-31(20-34)24-61(49(38)66)41-10-11-42(64)55-48(41)65/h2,4-5,8-9,20-23,29,32-33,35,41,51,54,63,67H,3,6-7,10-19,24-28H2,1H3,(H,55,64,65)/t29?,32?,33?,35-,41?,51?,52-/m0/s1. The SMILES string of the molecule is CC1c2c(ncc3c(N4CC5CCC(C4)N5)nc(OC[C@@]45CCCN4[C@H](COC(O)N4CCN(c6ccc7c(c6)CN(C6CCC(=O)NC6=O)C7=O)CC4)CC5)nc23)-c2cc(O)cc3cccc1c23. The highest BCUT2D eigenvalue weighted by atomic mass is 16.6. The summed E-state index contributed by atoms with van der Waals surface area (Å²) in [4.78, 5) is 63.9. The van der Waals surface area contributed by atoms with E-state index in [1.165, 1.54) is 5.56 Å². The first-order valence-corrected chi connectivity index (χ1v) is 25.0. The van der Waals surface area contributed by atoms with Crippen molar-refractivity contribution in [2.45, 2.75) is 107 Å². The Morgan fingerprint density at radius 2 is 1.75 bits per heavy atom. The molecule has 1 aliphatic carbocycles. The predicted molar refractivity (Wildman–Crippen MR) is 257 cm³/mol. The van der Waals surface area contributed by atoms with E-state index in [0.29, 0.717) is 76.0 Å². The normalized spacial score (nSPS) is 28.1. The van der Waals surface area contributed by atoms with Gasteiger partial charge in [-0.05, 0) is 104 Å². The van der Waals surface area contributed by atoms with Crippen LogP contribution in [-0.2, 0) is 20.9 Å². The van der Waals surface area contributed by atoms with Gasteiger partial charge in [0.2, 0.25) is 18.2 Å². The predicted octanol–water partition coefficient (Wildman–Crippen LogP) is 4.21. The molecular formula is C52H58N10O7. The average molecular weight is 935 g/mol. The molecule has 0 spiro atoms. The molecule has 3 aromatic carbocycles. The van der Waals surface area contributed by atoms with Gasteiger partial charge in [0.25, 0.3) is 5.91 Å². The lowest BCUT2D eigenvalue weighted by molar-refractivity contribution is -0.201. The molecule has 17 heteroatoms. The number of carbonyl (C=O) groups is 3. The van der Waals surface area contributed by atoms with E-state index in [-0.39, 0.29) is 41.5 Å². The second kappa shape index (κ2) is 16.6. The third-order valence-electron chi connectivity index (χ3n) is 16.8. The van der Waals surface area contributed by atoms with E-state index in [2.05, 4.69) is 44.4 Å². The zero-order valence-electron chi connectivity index (χ0n) is 38.9. The van der Waals surface area contributed by atoms with Gasteiger partial charge in [-0.15, -0.1) is 0 Å². The van der Waals surface area contributed by atoms with Crippen molar-refractivity contribution in [1.82, 2.24) is 40.3 Å². The highest BCUT2D eigenvalue weighted by Crippen LogP contribution is 2.49. The van der Waals surface area contributed by atoms with Crippen LogP contribution in [0.25, 0.3) is 32.9 Å². The molecule has 0 saturated carbocycles. The number of amides is 3. The molecule has 7 aliphatic heterocycles. The summed E-state index contributed by atoms with van der Waals surface area (Å²) in [5, 5.41) is 31.4. The Kier molecular flexibility index (Phi) is 10.3. The van der Waals surface area contributed by atoms with Gasteiger partial charge in [-0.3, -0.25) is 34.5 Å². The van der Waals surface area contributed by atoms with Gasteiger partial charge in [0, 0.05) is 105 Å². The van der Waals surface area contributed by atoms with Gasteiger partial charge in [0.05, 0.1) is 28.7 Å². The number of phenols is 1. The lowest BCUT2D eigenvalue weighted by atomic mass is 9.79. The number of anilines is 2. The Morgan fingerprint density at radius 3 is 2.58 bits per heavy atom. The number of aromatic nitrogens is 3. The van der Waals surface area contributed by atoms with E-state index in [1.54, 1.807) is 4.90 Å². The topological polar surface area (TPSA) is 189 Å². The number of fused-ring (bicyclic) bond motifs is 8. The number of aromatic hydroxyl groups is 1. The fourth-order valence-corrected chi connectivity index (χ4v) is 13.4. The molecule has 5 unspecified atom stereocenters. The van der Waals surface area contributed by atoms with Crippen molar-refractivity contribution in [2.24, 2.45) is 0 Å². The molecule has 13 rings (SSSR count). The molecule has 5 aromatic rings. The van der Waals surface area contributed by atoms with E-state index in [0.717, 1.165) is 114 Å². The Morgan fingerprint density at radius 1 is 0.913 bits per heavy atom. The van der Waals surface area contributed by atoms with Crippen molar-refractivity contribution in [3.63, 3.8) is 0 Å². The molecule has 358 valence electrons. The number of imide groups is 1. The summed E-state index contributed by atoms with van der Waals surface area (Å²) in [6.07, 6.45) is 7.70. The second-order valence-corrected chi connectivity index (χ2v) is 20.7. The summed E-state index contributed by atoms with van der Waals surface area (Å²) in [7, 11) is 0. The van der Waals surface area contributed by atoms with Crippen molar-refractivity contribution >= 4 is 50.9 Å². The fourth-order valence-electron chi connectivity index (χ4n) is 13.4. The summed E-state index contributed by atoms with van der Waals surface area (Å²) in [6.45, 7) is 8.66. The first-order valence-electron chi connectivity index (χ1n) is 25.0. The number of benzene rings is 3. The van der Waals surface area contributed by atoms with Crippen molar-refractivity contribution in [3.8, 4) is 23.0 Å². The first kappa shape index (κ1) is 43.1. The van der Waals surface area contributed by atoms with Gasteiger partial charge in [0.1, 0.15) is 24.2 Å². The minimum absolute atomic E-state index is 0.00452. The van der Waals surface area contributed by atoms with E-state index in [9.17, 15) is 24.6 Å². The summed E-state index contributed by atoms with van der Waals surface area (Å²) < 4.78 is 13.1. The van der Waals surface area contributed by atoms with Crippen LogP contribution in [-0.4, -0.2) is 153 Å². The summed E-state index contributed by atoms with van der Waals surface area (Å²) in [6, 6.07) is 16.5. The van der Waals surface area contributed by atoms with Crippen LogP contribution in [0.2, 0.25) is 0 Å². The number of piperazine rings is 2. The van der Waals surface area contributed by atoms with E-state index < -0.39 is 18.4 Å². The van der Waals surface area contributed by atoms with E-state index in [4.69, 9.17) is 24.4 Å². The van der Waals surface area contributed by atoms with Gasteiger partial charge >= 0.3 is 6.01 Å². The number of aliphatic hydroxyl groups excluding tert-OH is 1. The number of nitrogens with zero attached hydrogens (tertiary/aromatic N) is 8. The molecule has 8 aliphatic rings. The van der Waals surface area contributed by atoms with Gasteiger partial charge < -0.3 is 39.7 Å². The molecule has 4 N–H and O–H groups in total. The monoisotopic (exact) mass is 934 g/mol. The summed E-state index contributed by atoms with van der Waals surface area (Å²) in [5.74, 6) is 0.197. The maximum absolute atomic E-state index is 13.3. The molecular weight excluding hydrogens is 877 g/mol. The quantitative estimate of drug-likeness (QED) is 0.115. The maximum Gasteiger partial charge on any atom is 0.319 e. The molecule has 9 heterocycles. The number of pyridine rings is 1. The second-order valence-electron chi connectivity index (χ2n) is 20.7. The molecule has 6 fully saturated rings. The molecule has 2 bridgehead atoms. The molecule has 17 nitrogen and oxygen atoms in total. The lowest BCUT2D eigenvalue weighted by Crippen LogP contribution is -2.52. The van der Waals surface area contributed by atoms with Gasteiger partial charge in [0.15, 0.2) is 0 Å². The van der Waals surface area contributed by atoms with Crippen LogP contribution >= 0.6 is 0 Å². The van der Waals surface area contributed by atoms with Gasteiger partial charge in [-0.25, -0.2) is 0 Å². The molecule has 0 radical (unpaired) electrons. The van der Waals surface area contributed by atoms with Crippen LogP contribution in [0.4, 0.5) is 11.5 Å².